The Kier molecular flexibility index (Phi) is 7.34. The summed E-state index contributed by atoms with van der Waals surface area (Å²) in [6.45, 7) is 5.58. The van der Waals surface area contributed by atoms with Gasteiger partial charge in [0.15, 0.2) is 0 Å². The van der Waals surface area contributed by atoms with E-state index in [1.165, 1.54) is 5.56 Å². The first-order chi connectivity index (χ1) is 15.5. The first-order valence-corrected chi connectivity index (χ1v) is 11.5. The first kappa shape index (κ1) is 24.6. The summed E-state index contributed by atoms with van der Waals surface area (Å²) < 4.78 is 11.1. The van der Waals surface area contributed by atoms with Crippen LogP contribution in [-0.4, -0.2) is 36.4 Å². The number of benzene rings is 2. The van der Waals surface area contributed by atoms with Crippen LogP contribution < -0.4 is 10.5 Å². The minimum atomic E-state index is -0.674. The molecule has 6 nitrogen and oxygen atoms in total. The smallest absolute Gasteiger partial charge is 0.411 e. The topological polar surface area (TPSA) is 88.6 Å². The van der Waals surface area contributed by atoms with Crippen molar-refractivity contribution in [2.45, 2.75) is 64.1 Å². The van der Waals surface area contributed by atoms with Crippen LogP contribution in [0.5, 0.6) is 5.75 Å². The fraction of sp³-hybridized carbons (Fsp3) is 0.481. The van der Waals surface area contributed by atoms with Gasteiger partial charge in [-0.05, 0) is 94.2 Å². The van der Waals surface area contributed by atoms with E-state index in [1.54, 1.807) is 19.1 Å². The molecule has 2 aromatic rings. The lowest BCUT2D eigenvalue weighted by Crippen LogP contribution is -2.59. The molecule has 2 aromatic carbocycles. The maximum atomic E-state index is 12.5. The second kappa shape index (κ2) is 9.84. The molecule has 0 radical (unpaired) electrons. The van der Waals surface area contributed by atoms with Crippen molar-refractivity contribution in [3.05, 3.63) is 53.6 Å². The van der Waals surface area contributed by atoms with Gasteiger partial charge >= 0.3 is 6.09 Å². The van der Waals surface area contributed by atoms with Crippen molar-refractivity contribution >= 4 is 6.09 Å². The quantitative estimate of drug-likeness (QED) is 0.610. The number of hydrogen-bond donors (Lipinski definition) is 1. The van der Waals surface area contributed by atoms with E-state index in [9.17, 15) is 4.79 Å². The third-order valence-corrected chi connectivity index (χ3v) is 6.42. The van der Waals surface area contributed by atoms with Crippen molar-refractivity contribution in [1.29, 1.82) is 5.26 Å². The molecule has 3 rings (SSSR count). The van der Waals surface area contributed by atoms with Gasteiger partial charge in [-0.25, -0.2) is 4.79 Å². The van der Waals surface area contributed by atoms with Crippen molar-refractivity contribution in [2.75, 3.05) is 14.2 Å². The van der Waals surface area contributed by atoms with Gasteiger partial charge in [0.05, 0.1) is 24.4 Å². The minimum absolute atomic E-state index is 0.370. The fourth-order valence-corrected chi connectivity index (χ4v) is 4.39. The number of nitrogens with zero attached hydrogens (tertiary/aromatic N) is 2. The first-order valence-electron chi connectivity index (χ1n) is 11.5. The Balaban J connectivity index is 1.68. The highest BCUT2D eigenvalue weighted by Gasteiger charge is 2.39. The van der Waals surface area contributed by atoms with Crippen LogP contribution in [0.25, 0.3) is 11.1 Å². The molecule has 1 saturated carbocycles. The number of ether oxygens (including phenoxy) is 2. The van der Waals surface area contributed by atoms with E-state index < -0.39 is 11.3 Å². The molecule has 6 heteroatoms. The Morgan fingerprint density at radius 1 is 1.18 bits per heavy atom. The van der Waals surface area contributed by atoms with Crippen LogP contribution in [0.1, 0.15) is 57.6 Å². The Morgan fingerprint density at radius 2 is 1.82 bits per heavy atom. The van der Waals surface area contributed by atoms with E-state index in [1.807, 2.05) is 51.1 Å². The predicted octanol–water partition coefficient (Wildman–Crippen LogP) is 5.49. The molecule has 1 aliphatic rings. The fourth-order valence-electron chi connectivity index (χ4n) is 4.39. The van der Waals surface area contributed by atoms with E-state index in [0.29, 0.717) is 11.5 Å². The second-order valence-electron chi connectivity index (χ2n) is 10.0. The number of nitriles is 1. The van der Waals surface area contributed by atoms with Crippen molar-refractivity contribution in [3.8, 4) is 22.9 Å². The molecular formula is C27H35N3O3. The van der Waals surface area contributed by atoms with Crippen LogP contribution in [0.15, 0.2) is 42.5 Å². The normalized spacial score (nSPS) is 20.6. The van der Waals surface area contributed by atoms with Crippen molar-refractivity contribution in [1.82, 2.24) is 4.90 Å². The zero-order valence-corrected chi connectivity index (χ0v) is 20.4. The molecule has 0 aromatic heterocycles. The number of amides is 1. The van der Waals surface area contributed by atoms with E-state index >= 15 is 0 Å². The van der Waals surface area contributed by atoms with Gasteiger partial charge in [0.1, 0.15) is 11.4 Å². The zero-order valence-electron chi connectivity index (χ0n) is 20.4. The van der Waals surface area contributed by atoms with E-state index in [0.717, 1.165) is 49.0 Å². The maximum absolute atomic E-state index is 12.5. The van der Waals surface area contributed by atoms with Crippen LogP contribution in [0.3, 0.4) is 0 Å². The summed E-state index contributed by atoms with van der Waals surface area (Å²) in [4.78, 5) is 14.1. The molecule has 1 fully saturated rings. The number of hydrogen-bond acceptors (Lipinski definition) is 5. The number of rotatable bonds is 5. The molecule has 0 bridgehead atoms. The molecule has 2 N–H and O–H groups in total. The standard InChI is InChI=1S/C27H35N3O3/c1-26(2,3)33-25(31)30(4)27(29)14-12-19(13-15-27)16-21-8-11-24(32-5)23(17-21)22-9-6-20(18-28)7-10-22/h6-11,17,19H,12-16,29H2,1-5H3. The molecule has 176 valence electrons. The highest BCUT2D eigenvalue weighted by molar-refractivity contribution is 5.72. The highest BCUT2D eigenvalue weighted by Crippen LogP contribution is 2.37. The lowest BCUT2D eigenvalue weighted by atomic mass is 9.78. The summed E-state index contributed by atoms with van der Waals surface area (Å²) >= 11 is 0. The van der Waals surface area contributed by atoms with Crippen LogP contribution in [-0.2, 0) is 11.2 Å². The van der Waals surface area contributed by atoms with Gasteiger partial charge in [-0.3, -0.25) is 4.90 Å². The van der Waals surface area contributed by atoms with Gasteiger partial charge in [0.25, 0.3) is 0 Å². The molecule has 0 aliphatic heterocycles. The second-order valence-corrected chi connectivity index (χ2v) is 10.0. The Hall–Kier alpha value is -3.04. The molecule has 0 atom stereocenters. The average molecular weight is 450 g/mol. The third-order valence-electron chi connectivity index (χ3n) is 6.42. The van der Waals surface area contributed by atoms with E-state index in [-0.39, 0.29) is 6.09 Å². The van der Waals surface area contributed by atoms with E-state index in [4.69, 9.17) is 20.5 Å². The number of carbonyl (C=O) groups is 1. The van der Waals surface area contributed by atoms with Gasteiger partial charge in [-0.15, -0.1) is 0 Å². The van der Waals surface area contributed by atoms with Gasteiger partial charge in [-0.1, -0.05) is 18.2 Å². The van der Waals surface area contributed by atoms with Gasteiger partial charge in [0, 0.05) is 12.6 Å². The molecule has 0 unspecified atom stereocenters. The van der Waals surface area contributed by atoms with Gasteiger partial charge < -0.3 is 15.2 Å². The maximum Gasteiger partial charge on any atom is 0.411 e. The molecule has 1 amide bonds. The summed E-state index contributed by atoms with van der Waals surface area (Å²) in [6.07, 6.45) is 3.95. The third kappa shape index (κ3) is 6.06. The summed E-state index contributed by atoms with van der Waals surface area (Å²) in [5.74, 6) is 1.31. The molecule has 33 heavy (non-hydrogen) atoms. The van der Waals surface area contributed by atoms with Gasteiger partial charge in [0.2, 0.25) is 0 Å². The number of carbonyl (C=O) groups excluding carboxylic acids is 1. The number of methoxy groups -OCH3 is 1. The van der Waals surface area contributed by atoms with Crippen molar-refractivity contribution < 1.29 is 14.3 Å². The lowest BCUT2D eigenvalue weighted by Gasteiger charge is -2.43. The van der Waals surface area contributed by atoms with Gasteiger partial charge in [-0.2, -0.15) is 5.26 Å². The minimum Gasteiger partial charge on any atom is -0.496 e. The van der Waals surface area contributed by atoms with E-state index in [2.05, 4.69) is 18.2 Å². The summed E-state index contributed by atoms with van der Waals surface area (Å²) in [6, 6.07) is 16.0. The zero-order chi connectivity index (χ0) is 24.2. The number of nitrogens with two attached hydrogens (primary N) is 1. The summed E-state index contributed by atoms with van der Waals surface area (Å²) in [5.41, 5.74) is 9.33. The summed E-state index contributed by atoms with van der Waals surface area (Å²) in [5, 5.41) is 9.07. The molecule has 0 spiro atoms. The summed E-state index contributed by atoms with van der Waals surface area (Å²) in [7, 11) is 3.41. The van der Waals surface area contributed by atoms with Crippen LogP contribution >= 0.6 is 0 Å². The van der Waals surface area contributed by atoms with Crippen molar-refractivity contribution in [3.63, 3.8) is 0 Å². The average Bonchev–Trinajstić information content (AvgIpc) is 2.79. The van der Waals surface area contributed by atoms with Crippen LogP contribution in [0.4, 0.5) is 4.79 Å². The van der Waals surface area contributed by atoms with Crippen molar-refractivity contribution in [2.24, 2.45) is 11.7 Å². The monoisotopic (exact) mass is 449 g/mol. The molecule has 0 saturated heterocycles. The predicted molar refractivity (Wildman–Crippen MR) is 130 cm³/mol. The largest absolute Gasteiger partial charge is 0.496 e. The Bertz CT molecular complexity index is 1010. The Labute approximate surface area is 197 Å². The SMILES string of the molecule is COc1ccc(CC2CCC(N)(N(C)C(=O)OC(C)(C)C)CC2)cc1-c1ccc(C#N)cc1. The molecule has 0 heterocycles. The molecule has 1 aliphatic carbocycles. The lowest BCUT2D eigenvalue weighted by molar-refractivity contribution is -0.00616. The van der Waals surface area contributed by atoms with Crippen LogP contribution in [0, 0.1) is 17.2 Å². The molecular weight excluding hydrogens is 414 g/mol. The highest BCUT2D eigenvalue weighted by atomic mass is 16.6. The van der Waals surface area contributed by atoms with Crippen LogP contribution in [0.2, 0.25) is 0 Å². The Morgan fingerprint density at radius 3 is 2.36 bits per heavy atom.